The van der Waals surface area contributed by atoms with Gasteiger partial charge in [-0.2, -0.15) is 0 Å². The zero-order chi connectivity index (χ0) is 13.5. The normalized spacial score (nSPS) is 18.7. The molecule has 5 heteroatoms. The summed E-state index contributed by atoms with van der Waals surface area (Å²) >= 11 is 0. The van der Waals surface area contributed by atoms with Crippen molar-refractivity contribution in [3.63, 3.8) is 0 Å². The minimum absolute atomic E-state index is 0.0243. The first kappa shape index (κ1) is 11.8. The van der Waals surface area contributed by atoms with Crippen LogP contribution in [0.15, 0.2) is 22.6 Å². The second kappa shape index (κ2) is 4.51. The van der Waals surface area contributed by atoms with Gasteiger partial charge in [0.25, 0.3) is 0 Å². The largest absolute Gasteiger partial charge is 0.440 e. The third kappa shape index (κ3) is 2.13. The van der Waals surface area contributed by atoms with Crippen molar-refractivity contribution in [3.8, 4) is 0 Å². The van der Waals surface area contributed by atoms with Crippen molar-refractivity contribution in [2.75, 3.05) is 18.4 Å². The van der Waals surface area contributed by atoms with Gasteiger partial charge in [0.2, 0.25) is 0 Å². The maximum absolute atomic E-state index is 12.0. The summed E-state index contributed by atoms with van der Waals surface area (Å²) in [4.78, 5) is 18.4. The standard InChI is InChI=1S/C15H17N3O2/c19-15(18-7-1-2-8-18)16-11-5-6-12-13(9-11)20-14(17-12)10-3-4-10/h5-6,9-10H,1-4,7-8H2,(H,16,19). The predicted octanol–water partition coefficient (Wildman–Crippen LogP) is 3.33. The molecular weight excluding hydrogens is 254 g/mol. The fourth-order valence-corrected chi connectivity index (χ4v) is 2.65. The first-order valence-electron chi connectivity index (χ1n) is 7.26. The van der Waals surface area contributed by atoms with E-state index in [9.17, 15) is 4.79 Å². The first-order chi connectivity index (χ1) is 9.79. The highest BCUT2D eigenvalue weighted by molar-refractivity contribution is 5.91. The molecule has 2 heterocycles. The summed E-state index contributed by atoms with van der Waals surface area (Å²) < 4.78 is 5.76. The molecule has 0 atom stereocenters. The summed E-state index contributed by atoms with van der Waals surface area (Å²) in [5.74, 6) is 1.34. The maximum atomic E-state index is 12.0. The summed E-state index contributed by atoms with van der Waals surface area (Å²) in [6.45, 7) is 1.70. The highest BCUT2D eigenvalue weighted by atomic mass is 16.3. The topological polar surface area (TPSA) is 58.4 Å². The van der Waals surface area contributed by atoms with Gasteiger partial charge in [-0.3, -0.25) is 0 Å². The number of anilines is 1. The van der Waals surface area contributed by atoms with Gasteiger partial charge in [-0.05, 0) is 37.8 Å². The van der Waals surface area contributed by atoms with Crippen molar-refractivity contribution in [1.29, 1.82) is 0 Å². The number of urea groups is 1. The van der Waals surface area contributed by atoms with Crippen LogP contribution in [0, 0.1) is 0 Å². The summed E-state index contributed by atoms with van der Waals surface area (Å²) in [6, 6.07) is 5.63. The second-order valence-corrected chi connectivity index (χ2v) is 5.63. The third-order valence-electron chi connectivity index (χ3n) is 3.98. The van der Waals surface area contributed by atoms with Crippen molar-refractivity contribution in [3.05, 3.63) is 24.1 Å². The third-order valence-corrected chi connectivity index (χ3v) is 3.98. The van der Waals surface area contributed by atoms with Crippen LogP contribution in [-0.2, 0) is 0 Å². The van der Waals surface area contributed by atoms with Crippen LogP contribution in [0.3, 0.4) is 0 Å². The number of benzene rings is 1. The summed E-state index contributed by atoms with van der Waals surface area (Å²) in [6.07, 6.45) is 4.54. The number of likely N-dealkylation sites (tertiary alicyclic amines) is 1. The Labute approximate surface area is 117 Å². The van der Waals surface area contributed by atoms with Gasteiger partial charge in [-0.15, -0.1) is 0 Å². The molecule has 1 aliphatic heterocycles. The molecule has 2 amide bonds. The molecule has 0 radical (unpaired) electrons. The van der Waals surface area contributed by atoms with Gasteiger partial charge in [0.05, 0.1) is 0 Å². The van der Waals surface area contributed by atoms with E-state index in [0.717, 1.165) is 48.6 Å². The van der Waals surface area contributed by atoms with Gasteiger partial charge in [-0.1, -0.05) is 0 Å². The Morgan fingerprint density at radius 1 is 1.30 bits per heavy atom. The Hall–Kier alpha value is -2.04. The van der Waals surface area contributed by atoms with Crippen molar-refractivity contribution >= 4 is 22.8 Å². The van der Waals surface area contributed by atoms with E-state index >= 15 is 0 Å². The number of hydrogen-bond acceptors (Lipinski definition) is 3. The van der Waals surface area contributed by atoms with Gasteiger partial charge in [0.15, 0.2) is 11.5 Å². The Bertz CT molecular complexity index is 654. The number of oxazole rings is 1. The van der Waals surface area contributed by atoms with Crippen molar-refractivity contribution in [1.82, 2.24) is 9.88 Å². The Morgan fingerprint density at radius 2 is 2.10 bits per heavy atom. The quantitative estimate of drug-likeness (QED) is 0.911. The molecule has 2 aromatic rings. The van der Waals surface area contributed by atoms with Crippen LogP contribution in [0.4, 0.5) is 10.5 Å². The number of hydrogen-bond donors (Lipinski definition) is 1. The zero-order valence-electron chi connectivity index (χ0n) is 11.3. The van der Waals surface area contributed by atoms with Crippen LogP contribution in [0.2, 0.25) is 0 Å². The van der Waals surface area contributed by atoms with E-state index in [2.05, 4.69) is 10.3 Å². The Kier molecular flexibility index (Phi) is 2.65. The predicted molar refractivity (Wildman–Crippen MR) is 75.8 cm³/mol. The van der Waals surface area contributed by atoms with E-state index in [4.69, 9.17) is 4.42 Å². The molecule has 2 aliphatic rings. The molecule has 0 bridgehead atoms. The van der Waals surface area contributed by atoms with Crippen LogP contribution < -0.4 is 5.32 Å². The van der Waals surface area contributed by atoms with E-state index in [1.807, 2.05) is 23.1 Å². The van der Waals surface area contributed by atoms with Crippen LogP contribution in [0.25, 0.3) is 11.1 Å². The lowest BCUT2D eigenvalue weighted by molar-refractivity contribution is 0.222. The van der Waals surface area contributed by atoms with E-state index in [0.29, 0.717) is 5.92 Å². The summed E-state index contributed by atoms with van der Waals surface area (Å²) in [5, 5.41) is 2.93. The maximum Gasteiger partial charge on any atom is 0.321 e. The van der Waals surface area contributed by atoms with Gasteiger partial charge < -0.3 is 14.6 Å². The second-order valence-electron chi connectivity index (χ2n) is 5.63. The van der Waals surface area contributed by atoms with Crippen LogP contribution in [0.5, 0.6) is 0 Å². The van der Waals surface area contributed by atoms with Crippen LogP contribution >= 0.6 is 0 Å². The minimum atomic E-state index is -0.0243. The lowest BCUT2D eigenvalue weighted by Gasteiger charge is -2.15. The average Bonchev–Trinajstić information content (AvgIpc) is 3.00. The van der Waals surface area contributed by atoms with Gasteiger partial charge >= 0.3 is 6.03 Å². The van der Waals surface area contributed by atoms with Crippen molar-refractivity contribution in [2.45, 2.75) is 31.6 Å². The number of amides is 2. The number of rotatable bonds is 2. The lowest BCUT2D eigenvalue weighted by Crippen LogP contribution is -2.32. The fraction of sp³-hybridized carbons (Fsp3) is 0.467. The minimum Gasteiger partial charge on any atom is -0.440 e. The number of nitrogens with zero attached hydrogens (tertiary/aromatic N) is 2. The highest BCUT2D eigenvalue weighted by Crippen LogP contribution is 2.40. The molecule has 1 aliphatic carbocycles. The van der Waals surface area contributed by atoms with E-state index in [1.54, 1.807) is 0 Å². The van der Waals surface area contributed by atoms with E-state index in [-0.39, 0.29) is 6.03 Å². The molecule has 1 saturated carbocycles. The fourth-order valence-electron chi connectivity index (χ4n) is 2.65. The lowest BCUT2D eigenvalue weighted by atomic mass is 10.3. The molecule has 0 unspecified atom stereocenters. The van der Waals surface area contributed by atoms with Crippen molar-refractivity contribution < 1.29 is 9.21 Å². The number of carbonyl (C=O) groups excluding carboxylic acids is 1. The SMILES string of the molecule is O=C(Nc1ccc2nc(C3CC3)oc2c1)N1CCCC1. The van der Waals surface area contributed by atoms with E-state index in [1.165, 1.54) is 12.8 Å². The smallest absolute Gasteiger partial charge is 0.321 e. The molecular formula is C15H17N3O2. The highest BCUT2D eigenvalue weighted by Gasteiger charge is 2.29. The van der Waals surface area contributed by atoms with Gasteiger partial charge in [0, 0.05) is 30.8 Å². The van der Waals surface area contributed by atoms with E-state index < -0.39 is 0 Å². The monoisotopic (exact) mass is 271 g/mol. The molecule has 20 heavy (non-hydrogen) atoms. The molecule has 104 valence electrons. The molecule has 2 fully saturated rings. The molecule has 1 aromatic heterocycles. The molecule has 4 rings (SSSR count). The number of fused-ring (bicyclic) bond motifs is 1. The number of aromatic nitrogens is 1. The van der Waals surface area contributed by atoms with Crippen LogP contribution in [-0.4, -0.2) is 29.0 Å². The molecule has 1 saturated heterocycles. The van der Waals surface area contributed by atoms with Crippen LogP contribution in [0.1, 0.15) is 37.5 Å². The first-order valence-corrected chi connectivity index (χ1v) is 7.26. The van der Waals surface area contributed by atoms with Crippen molar-refractivity contribution in [2.24, 2.45) is 0 Å². The average molecular weight is 271 g/mol. The Morgan fingerprint density at radius 3 is 2.85 bits per heavy atom. The Balaban J connectivity index is 1.55. The molecule has 1 aromatic carbocycles. The molecule has 0 spiro atoms. The molecule has 5 nitrogen and oxygen atoms in total. The zero-order valence-corrected chi connectivity index (χ0v) is 11.3. The van der Waals surface area contributed by atoms with Gasteiger partial charge in [-0.25, -0.2) is 9.78 Å². The summed E-state index contributed by atoms with van der Waals surface area (Å²) in [7, 11) is 0. The summed E-state index contributed by atoms with van der Waals surface area (Å²) in [5.41, 5.74) is 2.39. The number of nitrogens with one attached hydrogen (secondary N) is 1. The number of carbonyl (C=O) groups is 1. The molecule has 1 N–H and O–H groups in total. The van der Waals surface area contributed by atoms with Gasteiger partial charge in [0.1, 0.15) is 5.52 Å².